The van der Waals surface area contributed by atoms with E-state index in [0.29, 0.717) is 19.7 Å². The summed E-state index contributed by atoms with van der Waals surface area (Å²) in [5.74, 6) is 0.0478. The number of hydrogen-bond acceptors (Lipinski definition) is 4. The largest absolute Gasteiger partial charge is 0.386 e. The molecule has 0 bridgehead atoms. The molecule has 136 valence electrons. The number of likely N-dealkylation sites (tertiary alicyclic amines) is 1. The average Bonchev–Trinajstić information content (AvgIpc) is 2.63. The van der Waals surface area contributed by atoms with E-state index in [-0.39, 0.29) is 17.6 Å². The molecule has 1 spiro atoms. The summed E-state index contributed by atoms with van der Waals surface area (Å²) < 4.78 is 6.07. The lowest BCUT2D eigenvalue weighted by Crippen LogP contribution is -2.62. The van der Waals surface area contributed by atoms with E-state index in [0.717, 1.165) is 24.8 Å². The summed E-state index contributed by atoms with van der Waals surface area (Å²) in [4.78, 5) is 14.3. The third kappa shape index (κ3) is 4.11. The summed E-state index contributed by atoms with van der Waals surface area (Å²) in [6.07, 6.45) is 5.91. The molecule has 1 aromatic carbocycles. The lowest BCUT2D eigenvalue weighted by molar-refractivity contribution is -0.192. The zero-order chi connectivity index (χ0) is 17.9. The minimum Gasteiger partial charge on any atom is -0.386 e. The lowest BCUT2D eigenvalue weighted by atomic mass is 9.77. The minimum absolute atomic E-state index is 0.0153. The fourth-order valence-corrected chi connectivity index (χ4v) is 3.78. The number of nitrogens with one attached hydrogen (secondary N) is 1. The van der Waals surface area contributed by atoms with Gasteiger partial charge in [0.1, 0.15) is 5.60 Å². The molecule has 2 fully saturated rings. The first kappa shape index (κ1) is 18.1. The van der Waals surface area contributed by atoms with Gasteiger partial charge in [0.05, 0.1) is 12.2 Å². The van der Waals surface area contributed by atoms with Crippen molar-refractivity contribution in [2.24, 2.45) is 0 Å². The van der Waals surface area contributed by atoms with E-state index >= 15 is 0 Å². The fraction of sp³-hybridized carbons (Fsp3) is 0.550. The summed E-state index contributed by atoms with van der Waals surface area (Å²) in [5.41, 5.74) is -0.0414. The highest BCUT2D eigenvalue weighted by Gasteiger charge is 2.48. The Hall–Kier alpha value is -1.69. The maximum atomic E-state index is 12.4. The molecule has 2 atom stereocenters. The van der Waals surface area contributed by atoms with Crippen molar-refractivity contribution in [3.05, 3.63) is 42.0 Å². The highest BCUT2D eigenvalue weighted by Crippen LogP contribution is 2.38. The van der Waals surface area contributed by atoms with Gasteiger partial charge in [-0.15, -0.1) is 0 Å². The van der Waals surface area contributed by atoms with Crippen LogP contribution in [0.4, 0.5) is 0 Å². The van der Waals surface area contributed by atoms with E-state index in [4.69, 9.17) is 4.74 Å². The van der Waals surface area contributed by atoms with Crippen LogP contribution < -0.4 is 5.32 Å². The van der Waals surface area contributed by atoms with Crippen molar-refractivity contribution in [3.8, 4) is 0 Å². The molecule has 5 heteroatoms. The van der Waals surface area contributed by atoms with E-state index in [1.54, 1.807) is 6.08 Å². The van der Waals surface area contributed by atoms with Crippen LogP contribution in [0.1, 0.15) is 31.7 Å². The molecule has 2 aliphatic rings. The number of rotatable bonds is 3. The number of ether oxygens (including phenoxy) is 1. The molecule has 0 unspecified atom stereocenters. The molecule has 3 rings (SSSR count). The molecule has 25 heavy (non-hydrogen) atoms. The second kappa shape index (κ2) is 7.28. The molecule has 0 aromatic heterocycles. The fourth-order valence-electron chi connectivity index (χ4n) is 3.78. The van der Waals surface area contributed by atoms with Gasteiger partial charge in [-0.05, 0) is 44.9 Å². The summed E-state index contributed by atoms with van der Waals surface area (Å²) in [7, 11) is 1.88. The zero-order valence-electron chi connectivity index (χ0n) is 15.1. The Kier molecular flexibility index (Phi) is 5.27. The second-order valence-electron chi connectivity index (χ2n) is 7.44. The molecular formula is C20H28N2O3. The molecule has 1 aromatic rings. The first-order chi connectivity index (χ1) is 11.9. The van der Waals surface area contributed by atoms with Crippen molar-refractivity contribution in [1.29, 1.82) is 0 Å². The summed E-state index contributed by atoms with van der Waals surface area (Å²) >= 11 is 0. The quantitative estimate of drug-likeness (QED) is 0.821. The van der Waals surface area contributed by atoms with Crippen molar-refractivity contribution in [2.75, 3.05) is 26.7 Å². The Morgan fingerprint density at radius 1 is 1.32 bits per heavy atom. The van der Waals surface area contributed by atoms with E-state index in [1.165, 1.54) is 0 Å². The normalized spacial score (nSPS) is 29.2. The van der Waals surface area contributed by atoms with Crippen LogP contribution in [-0.2, 0) is 9.53 Å². The third-order valence-electron chi connectivity index (χ3n) is 5.55. The summed E-state index contributed by atoms with van der Waals surface area (Å²) in [6, 6.07) is 9.86. The Bertz CT molecular complexity index is 619. The van der Waals surface area contributed by atoms with Gasteiger partial charge in [0, 0.05) is 25.2 Å². The van der Waals surface area contributed by atoms with Crippen molar-refractivity contribution in [2.45, 2.75) is 43.4 Å². The summed E-state index contributed by atoms with van der Waals surface area (Å²) in [6.45, 7) is 3.53. The second-order valence-corrected chi connectivity index (χ2v) is 7.44. The van der Waals surface area contributed by atoms with E-state index < -0.39 is 5.60 Å². The Morgan fingerprint density at radius 2 is 2.00 bits per heavy atom. The van der Waals surface area contributed by atoms with Crippen molar-refractivity contribution >= 4 is 12.0 Å². The Morgan fingerprint density at radius 3 is 2.64 bits per heavy atom. The maximum Gasteiger partial charge on any atom is 0.246 e. The smallest absolute Gasteiger partial charge is 0.246 e. The van der Waals surface area contributed by atoms with E-state index in [9.17, 15) is 9.90 Å². The van der Waals surface area contributed by atoms with Crippen LogP contribution in [0, 0.1) is 0 Å². The van der Waals surface area contributed by atoms with Crippen LogP contribution in [0.3, 0.4) is 0 Å². The lowest BCUT2D eigenvalue weighted by Gasteiger charge is -2.50. The maximum absolute atomic E-state index is 12.4. The number of amides is 1. The Balaban J connectivity index is 1.57. The molecule has 2 N–H and O–H groups in total. The van der Waals surface area contributed by atoms with Crippen molar-refractivity contribution in [3.63, 3.8) is 0 Å². The molecule has 1 amide bonds. The van der Waals surface area contributed by atoms with Crippen molar-refractivity contribution in [1.82, 2.24) is 10.2 Å². The number of nitrogens with zero attached hydrogens (tertiary/aromatic N) is 1. The first-order valence-corrected chi connectivity index (χ1v) is 9.00. The van der Waals surface area contributed by atoms with Crippen LogP contribution in [0.15, 0.2) is 36.4 Å². The van der Waals surface area contributed by atoms with Gasteiger partial charge in [-0.3, -0.25) is 4.79 Å². The van der Waals surface area contributed by atoms with Gasteiger partial charge < -0.3 is 20.1 Å². The number of carbonyl (C=O) groups excluding carboxylic acids is 1. The van der Waals surface area contributed by atoms with E-state index in [1.807, 2.05) is 55.3 Å². The van der Waals surface area contributed by atoms with Gasteiger partial charge in [-0.1, -0.05) is 30.3 Å². The molecule has 5 nitrogen and oxygen atoms in total. The molecule has 0 aliphatic carbocycles. The Labute approximate surface area is 149 Å². The summed E-state index contributed by atoms with van der Waals surface area (Å²) in [5, 5.41) is 13.6. The molecule has 0 saturated carbocycles. The van der Waals surface area contributed by atoms with Gasteiger partial charge in [0.25, 0.3) is 0 Å². The van der Waals surface area contributed by atoms with Crippen LogP contribution >= 0.6 is 0 Å². The number of piperidine rings is 1. The van der Waals surface area contributed by atoms with Gasteiger partial charge in [0.2, 0.25) is 5.91 Å². The number of carbonyl (C=O) groups is 1. The number of benzene rings is 1. The van der Waals surface area contributed by atoms with Gasteiger partial charge >= 0.3 is 0 Å². The van der Waals surface area contributed by atoms with Crippen molar-refractivity contribution < 1.29 is 14.6 Å². The predicted molar refractivity (Wildman–Crippen MR) is 98.1 cm³/mol. The third-order valence-corrected chi connectivity index (χ3v) is 5.55. The molecule has 0 radical (unpaired) electrons. The van der Waals surface area contributed by atoms with Gasteiger partial charge in [-0.2, -0.15) is 0 Å². The standard InChI is InChI=1S/C20H28N2O3/c1-19(24)15-25-20(14-17(19)21-2)10-12-22(13-11-20)18(23)9-8-16-6-4-3-5-7-16/h3-9,17,21,24H,10-15H2,1-2H3/t17-,19-/m0/s1. The van der Waals surface area contributed by atoms with Crippen LogP contribution in [0.5, 0.6) is 0 Å². The highest BCUT2D eigenvalue weighted by molar-refractivity contribution is 5.91. The SMILES string of the molecule is CN[C@H]1CC2(CCN(C(=O)C=Cc3ccccc3)CC2)OC[C@]1(C)O. The number of likely N-dealkylation sites (N-methyl/N-ethyl adjacent to an activating group) is 1. The zero-order valence-corrected chi connectivity index (χ0v) is 15.1. The van der Waals surface area contributed by atoms with Gasteiger partial charge in [-0.25, -0.2) is 0 Å². The van der Waals surface area contributed by atoms with E-state index in [2.05, 4.69) is 5.32 Å². The molecule has 2 saturated heterocycles. The van der Waals surface area contributed by atoms with Crippen LogP contribution in [-0.4, -0.2) is 59.9 Å². The first-order valence-electron chi connectivity index (χ1n) is 9.00. The monoisotopic (exact) mass is 344 g/mol. The number of aliphatic hydroxyl groups is 1. The minimum atomic E-state index is -0.842. The molecular weight excluding hydrogens is 316 g/mol. The highest BCUT2D eigenvalue weighted by atomic mass is 16.5. The topological polar surface area (TPSA) is 61.8 Å². The molecule has 2 aliphatic heterocycles. The number of hydrogen-bond donors (Lipinski definition) is 2. The van der Waals surface area contributed by atoms with Crippen LogP contribution in [0.25, 0.3) is 6.08 Å². The van der Waals surface area contributed by atoms with Gasteiger partial charge in [0.15, 0.2) is 0 Å². The average molecular weight is 344 g/mol. The van der Waals surface area contributed by atoms with Crippen LogP contribution in [0.2, 0.25) is 0 Å². The molecule has 2 heterocycles. The predicted octanol–water partition coefficient (Wildman–Crippen LogP) is 1.82.